The second-order valence-corrected chi connectivity index (χ2v) is 7.84. The number of hydrogen-bond acceptors (Lipinski definition) is 8. The fourth-order valence-corrected chi connectivity index (χ4v) is 3.45. The summed E-state index contributed by atoms with van der Waals surface area (Å²) in [6.45, 7) is 5.42. The first-order valence-electron chi connectivity index (χ1n) is 11.6. The zero-order valence-electron chi connectivity index (χ0n) is 20.1. The van der Waals surface area contributed by atoms with Crippen molar-refractivity contribution in [1.82, 2.24) is 25.7 Å². The molecule has 6 N–H and O–H groups in total. The first kappa shape index (κ1) is 25.8. The Balaban J connectivity index is 1.76. The van der Waals surface area contributed by atoms with E-state index in [2.05, 4.69) is 25.6 Å². The zero-order chi connectivity index (χ0) is 25.2. The number of carbonyl (C=O) groups excluding carboxylic acids is 2. The summed E-state index contributed by atoms with van der Waals surface area (Å²) in [4.78, 5) is 43.5. The number of hydroxylamine groups is 2. The molecule has 0 atom stereocenters. The first-order valence-corrected chi connectivity index (χ1v) is 11.6. The van der Waals surface area contributed by atoms with Crippen molar-refractivity contribution in [3.8, 4) is 11.1 Å². The lowest BCUT2D eigenvalue weighted by Gasteiger charge is -2.22. The molecule has 11 nitrogen and oxygen atoms in total. The van der Waals surface area contributed by atoms with Gasteiger partial charge in [0.05, 0.1) is 18.8 Å². The summed E-state index contributed by atoms with van der Waals surface area (Å²) in [6, 6.07) is 5.42. The van der Waals surface area contributed by atoms with Gasteiger partial charge >= 0.3 is 6.03 Å². The summed E-state index contributed by atoms with van der Waals surface area (Å²) < 4.78 is 0. The largest absolute Gasteiger partial charge is 0.387 e. The Morgan fingerprint density at radius 2 is 1.91 bits per heavy atom. The number of benzene rings is 1. The van der Waals surface area contributed by atoms with Crippen LogP contribution in [0.4, 0.5) is 10.5 Å². The molecule has 0 unspecified atom stereocenters. The first-order chi connectivity index (χ1) is 16.9. The van der Waals surface area contributed by atoms with Crippen LogP contribution in [0.3, 0.4) is 0 Å². The Labute approximate surface area is 204 Å². The molecule has 2 heterocycles. The molecular formula is C24H32N8O3. The summed E-state index contributed by atoms with van der Waals surface area (Å²) in [6.07, 6.45) is 6.12. The Hall–Kier alpha value is -3.83. The van der Waals surface area contributed by atoms with Crippen LogP contribution in [-0.4, -0.2) is 59.0 Å². The molecule has 1 aromatic carbocycles. The number of amides is 3. The fourth-order valence-electron chi connectivity index (χ4n) is 3.45. The van der Waals surface area contributed by atoms with Crippen LogP contribution in [0.2, 0.25) is 0 Å². The standard InChI is InChI=1S/C24H32N8O3/c1-3-8-32(35-9-7-28-24(34)27-4-2)23(33)18-10-17-6-5-16(11-20(17)31-21(26)12-18)19-14-29-22(13-25)30-15-19/h5-6,10-11,14-15H,3-4,7-9,12-13,25H2,1-2H3,(H2,26,31)(H2,27,28,34). The number of urea groups is 1. The number of nitrogens with one attached hydrogen (secondary N) is 2. The molecule has 0 radical (unpaired) electrons. The van der Waals surface area contributed by atoms with Crippen molar-refractivity contribution in [2.75, 3.05) is 26.2 Å². The van der Waals surface area contributed by atoms with Crippen molar-refractivity contribution < 1.29 is 14.4 Å². The lowest BCUT2D eigenvalue weighted by molar-refractivity contribution is -0.181. The summed E-state index contributed by atoms with van der Waals surface area (Å²) in [5.74, 6) is 0.603. The maximum absolute atomic E-state index is 13.3. The Morgan fingerprint density at radius 1 is 1.14 bits per heavy atom. The van der Waals surface area contributed by atoms with Crippen LogP contribution in [0.5, 0.6) is 0 Å². The normalized spacial score (nSPS) is 12.7. The van der Waals surface area contributed by atoms with E-state index in [-0.39, 0.29) is 38.1 Å². The van der Waals surface area contributed by atoms with E-state index in [1.807, 2.05) is 32.0 Å². The molecular weight excluding hydrogens is 448 g/mol. The second kappa shape index (κ2) is 12.6. The number of rotatable bonds is 10. The van der Waals surface area contributed by atoms with Crippen molar-refractivity contribution >= 4 is 29.5 Å². The molecule has 0 aliphatic carbocycles. The number of hydrogen-bond donors (Lipinski definition) is 4. The van der Waals surface area contributed by atoms with E-state index < -0.39 is 0 Å². The Kier molecular flexibility index (Phi) is 9.27. The van der Waals surface area contributed by atoms with E-state index in [0.29, 0.717) is 42.4 Å². The van der Waals surface area contributed by atoms with E-state index in [9.17, 15) is 9.59 Å². The third kappa shape index (κ3) is 7.08. The molecule has 0 bridgehead atoms. The molecule has 0 saturated heterocycles. The average molecular weight is 481 g/mol. The minimum atomic E-state index is -0.286. The molecule has 1 aromatic heterocycles. The van der Waals surface area contributed by atoms with Crippen LogP contribution in [0, 0.1) is 0 Å². The predicted molar refractivity (Wildman–Crippen MR) is 134 cm³/mol. The van der Waals surface area contributed by atoms with Crippen LogP contribution in [0.1, 0.15) is 38.1 Å². The van der Waals surface area contributed by atoms with Crippen molar-refractivity contribution in [2.24, 2.45) is 16.5 Å². The molecule has 1 aliphatic rings. The predicted octanol–water partition coefficient (Wildman–Crippen LogP) is 1.87. The van der Waals surface area contributed by atoms with Gasteiger partial charge in [0.15, 0.2) is 0 Å². The number of nitrogens with two attached hydrogens (primary N) is 2. The maximum Gasteiger partial charge on any atom is 0.314 e. The van der Waals surface area contributed by atoms with Crippen molar-refractivity contribution in [2.45, 2.75) is 33.2 Å². The highest BCUT2D eigenvalue weighted by Gasteiger charge is 2.22. The smallest absolute Gasteiger partial charge is 0.314 e. The van der Waals surface area contributed by atoms with Crippen molar-refractivity contribution in [3.05, 3.63) is 47.6 Å². The summed E-state index contributed by atoms with van der Waals surface area (Å²) in [7, 11) is 0. The maximum atomic E-state index is 13.3. The zero-order valence-corrected chi connectivity index (χ0v) is 20.1. The minimum Gasteiger partial charge on any atom is -0.387 e. The number of fused-ring (bicyclic) bond motifs is 1. The van der Waals surface area contributed by atoms with Crippen molar-refractivity contribution in [3.63, 3.8) is 0 Å². The summed E-state index contributed by atoms with van der Waals surface area (Å²) in [5.41, 5.74) is 15.3. The quantitative estimate of drug-likeness (QED) is 0.298. The van der Waals surface area contributed by atoms with Crippen LogP contribution in [-0.2, 0) is 16.2 Å². The van der Waals surface area contributed by atoms with Gasteiger partial charge in [-0.3, -0.25) is 9.63 Å². The number of aliphatic imine (C=N–C) groups is 1. The van der Waals surface area contributed by atoms with Crippen molar-refractivity contribution in [1.29, 1.82) is 0 Å². The monoisotopic (exact) mass is 480 g/mol. The highest BCUT2D eigenvalue weighted by Crippen LogP contribution is 2.31. The molecule has 0 fully saturated rings. The van der Waals surface area contributed by atoms with Gasteiger partial charge in [-0.05, 0) is 31.1 Å². The highest BCUT2D eigenvalue weighted by atomic mass is 16.7. The van der Waals surface area contributed by atoms with E-state index in [4.69, 9.17) is 16.3 Å². The number of carbonyl (C=O) groups is 2. The molecule has 11 heteroatoms. The molecule has 3 amide bonds. The van der Waals surface area contributed by atoms with Gasteiger partial charge in [-0.15, -0.1) is 0 Å². The van der Waals surface area contributed by atoms with Gasteiger partial charge in [0.25, 0.3) is 5.91 Å². The molecule has 0 spiro atoms. The van der Waals surface area contributed by atoms with Gasteiger partial charge < -0.3 is 22.1 Å². The second-order valence-electron chi connectivity index (χ2n) is 7.84. The molecule has 1 aliphatic heterocycles. The summed E-state index contributed by atoms with van der Waals surface area (Å²) >= 11 is 0. The van der Waals surface area contributed by atoms with E-state index in [1.54, 1.807) is 18.5 Å². The third-order valence-corrected chi connectivity index (χ3v) is 5.12. The molecule has 3 rings (SSSR count). The molecule has 0 saturated carbocycles. The van der Waals surface area contributed by atoms with Crippen LogP contribution >= 0.6 is 0 Å². The molecule has 35 heavy (non-hydrogen) atoms. The van der Waals surface area contributed by atoms with Crippen LogP contribution < -0.4 is 22.1 Å². The number of aromatic nitrogens is 2. The Morgan fingerprint density at radius 3 is 2.60 bits per heavy atom. The van der Waals surface area contributed by atoms with Crippen LogP contribution in [0.25, 0.3) is 17.2 Å². The third-order valence-electron chi connectivity index (χ3n) is 5.12. The molecule has 186 valence electrons. The number of nitrogens with zero attached hydrogens (tertiary/aromatic N) is 4. The lowest BCUT2D eigenvalue weighted by Crippen LogP contribution is -2.40. The van der Waals surface area contributed by atoms with Crippen LogP contribution in [0.15, 0.2) is 41.2 Å². The van der Waals surface area contributed by atoms with Gasteiger partial charge in [0, 0.05) is 55.1 Å². The van der Waals surface area contributed by atoms with Gasteiger partial charge in [-0.1, -0.05) is 19.1 Å². The van der Waals surface area contributed by atoms with Gasteiger partial charge in [-0.2, -0.15) is 0 Å². The lowest BCUT2D eigenvalue weighted by atomic mass is 10.0. The van der Waals surface area contributed by atoms with Gasteiger partial charge in [0.1, 0.15) is 11.7 Å². The van der Waals surface area contributed by atoms with E-state index in [1.165, 1.54) is 5.06 Å². The summed E-state index contributed by atoms with van der Waals surface area (Å²) in [5, 5.41) is 6.63. The van der Waals surface area contributed by atoms with Gasteiger partial charge in [-0.25, -0.2) is 24.8 Å². The fraction of sp³-hybridized carbons (Fsp3) is 0.375. The SMILES string of the molecule is CCCN(OCCNC(=O)NCC)C(=O)C1=Cc2ccc(-c3cnc(CN)nc3)cc2N=C(N)C1. The topological polar surface area (TPSA) is 161 Å². The minimum absolute atomic E-state index is 0.157. The van der Waals surface area contributed by atoms with E-state index in [0.717, 1.165) is 16.7 Å². The van der Waals surface area contributed by atoms with E-state index >= 15 is 0 Å². The highest BCUT2D eigenvalue weighted by molar-refractivity contribution is 6.05. The number of amidine groups is 1. The average Bonchev–Trinajstić information content (AvgIpc) is 3.03. The molecule has 2 aromatic rings. The Bertz CT molecular complexity index is 1100. The van der Waals surface area contributed by atoms with Gasteiger partial charge in [0.2, 0.25) is 0 Å².